The van der Waals surface area contributed by atoms with Crippen LogP contribution in [-0.4, -0.2) is 61.8 Å². The Hall–Kier alpha value is -3.38. The second kappa shape index (κ2) is 10.1. The molecule has 3 aromatic rings. The van der Waals surface area contributed by atoms with E-state index in [1.54, 1.807) is 0 Å². The van der Waals surface area contributed by atoms with E-state index in [2.05, 4.69) is 14.7 Å². The van der Waals surface area contributed by atoms with E-state index in [1.165, 1.54) is 10.6 Å². The highest BCUT2D eigenvalue weighted by molar-refractivity contribution is 7.89. The Morgan fingerprint density at radius 1 is 0.914 bits per heavy atom. The van der Waals surface area contributed by atoms with Crippen LogP contribution in [0.3, 0.4) is 0 Å². The van der Waals surface area contributed by atoms with Gasteiger partial charge in [-0.05, 0) is 55.5 Å². The van der Waals surface area contributed by atoms with Crippen molar-refractivity contribution in [3.05, 3.63) is 60.9 Å². The van der Waals surface area contributed by atoms with Gasteiger partial charge in [-0.1, -0.05) is 0 Å². The van der Waals surface area contributed by atoms with Gasteiger partial charge in [0, 0.05) is 37.8 Å². The molecule has 4 rings (SSSR count). The molecule has 0 N–H and O–H groups in total. The normalized spacial score (nSPS) is 15.1. The van der Waals surface area contributed by atoms with Crippen LogP contribution in [0.1, 0.15) is 6.92 Å². The average Bonchev–Trinajstić information content (AvgIpc) is 2.84. The fraction of sp³-hybridized carbons (Fsp3) is 0.304. The molecule has 0 saturated carbocycles. The first kappa shape index (κ1) is 24.7. The van der Waals surface area contributed by atoms with Gasteiger partial charge in [0.2, 0.25) is 10.0 Å². The number of piperazine rings is 1. The summed E-state index contributed by atoms with van der Waals surface area (Å²) in [6, 6.07) is 13.6. The van der Waals surface area contributed by atoms with Crippen LogP contribution in [0.25, 0.3) is 11.3 Å². The fourth-order valence-electron chi connectivity index (χ4n) is 3.69. The summed E-state index contributed by atoms with van der Waals surface area (Å²) in [7, 11) is -3.86. The summed E-state index contributed by atoms with van der Waals surface area (Å²) in [4.78, 5) is 10.5. The van der Waals surface area contributed by atoms with Crippen LogP contribution in [0.4, 0.5) is 19.0 Å². The molecule has 0 atom stereocenters. The third kappa shape index (κ3) is 6.01. The SMILES string of the molecule is CCOc1ccc(-c2cc(N3CCN(S(=O)(=O)c4ccc(OC(F)(F)F)cc4)CC3)ncn2)cc1. The van der Waals surface area contributed by atoms with E-state index in [9.17, 15) is 21.6 Å². The topological polar surface area (TPSA) is 84.9 Å². The minimum atomic E-state index is -4.84. The van der Waals surface area contributed by atoms with Gasteiger partial charge in [-0.15, -0.1) is 13.2 Å². The van der Waals surface area contributed by atoms with Gasteiger partial charge in [0.15, 0.2) is 0 Å². The summed E-state index contributed by atoms with van der Waals surface area (Å²) in [5, 5.41) is 0. The van der Waals surface area contributed by atoms with Crippen molar-refractivity contribution in [2.45, 2.75) is 18.2 Å². The maximum Gasteiger partial charge on any atom is 0.573 e. The highest BCUT2D eigenvalue weighted by atomic mass is 32.2. The highest BCUT2D eigenvalue weighted by Crippen LogP contribution is 2.27. The Balaban J connectivity index is 1.41. The van der Waals surface area contributed by atoms with Crippen LogP contribution in [0.2, 0.25) is 0 Å². The maximum atomic E-state index is 12.9. The van der Waals surface area contributed by atoms with E-state index in [0.29, 0.717) is 25.5 Å². The number of hydrogen-bond acceptors (Lipinski definition) is 7. The Kier molecular flexibility index (Phi) is 7.13. The molecule has 0 unspecified atom stereocenters. The van der Waals surface area contributed by atoms with Crippen molar-refractivity contribution in [1.82, 2.24) is 14.3 Å². The Labute approximate surface area is 201 Å². The minimum absolute atomic E-state index is 0.0969. The van der Waals surface area contributed by atoms with Crippen molar-refractivity contribution < 1.29 is 31.1 Å². The van der Waals surface area contributed by atoms with Gasteiger partial charge in [-0.3, -0.25) is 0 Å². The third-order valence-electron chi connectivity index (χ3n) is 5.37. The number of halogens is 3. The van der Waals surface area contributed by atoms with Crippen LogP contribution in [0.15, 0.2) is 65.8 Å². The quantitative estimate of drug-likeness (QED) is 0.478. The van der Waals surface area contributed by atoms with Gasteiger partial charge < -0.3 is 14.4 Å². The Morgan fingerprint density at radius 2 is 1.54 bits per heavy atom. The maximum absolute atomic E-state index is 12.9. The van der Waals surface area contributed by atoms with Crippen molar-refractivity contribution in [3.8, 4) is 22.8 Å². The zero-order valence-corrected chi connectivity index (χ0v) is 19.6. The minimum Gasteiger partial charge on any atom is -0.494 e. The zero-order valence-electron chi connectivity index (χ0n) is 18.8. The van der Waals surface area contributed by atoms with Gasteiger partial charge in [0.1, 0.15) is 23.6 Å². The van der Waals surface area contributed by atoms with E-state index in [4.69, 9.17) is 4.74 Å². The third-order valence-corrected chi connectivity index (χ3v) is 7.28. The molecule has 2 heterocycles. The van der Waals surface area contributed by atoms with Gasteiger partial charge in [-0.25, -0.2) is 18.4 Å². The average molecular weight is 509 g/mol. The Bertz CT molecular complexity index is 1250. The molecule has 1 aromatic heterocycles. The summed E-state index contributed by atoms with van der Waals surface area (Å²) in [6.45, 7) is 3.69. The molecule has 8 nitrogen and oxygen atoms in total. The highest BCUT2D eigenvalue weighted by Gasteiger charge is 2.32. The Morgan fingerprint density at radius 3 is 2.14 bits per heavy atom. The summed E-state index contributed by atoms with van der Waals surface area (Å²) in [6.07, 6.45) is -3.38. The summed E-state index contributed by atoms with van der Waals surface area (Å²) < 4.78 is 73.5. The molecule has 0 amide bonds. The number of sulfonamides is 1. The molecular formula is C23H23F3N4O4S. The zero-order chi connectivity index (χ0) is 25.1. The number of nitrogens with zero attached hydrogens (tertiary/aromatic N) is 4. The molecule has 35 heavy (non-hydrogen) atoms. The predicted molar refractivity (Wildman–Crippen MR) is 123 cm³/mol. The lowest BCUT2D eigenvalue weighted by Crippen LogP contribution is -2.48. The number of benzene rings is 2. The first-order valence-corrected chi connectivity index (χ1v) is 12.3. The van der Waals surface area contributed by atoms with Gasteiger partial charge in [0.05, 0.1) is 17.2 Å². The van der Waals surface area contributed by atoms with E-state index in [0.717, 1.165) is 41.3 Å². The van der Waals surface area contributed by atoms with Crippen LogP contribution in [-0.2, 0) is 10.0 Å². The molecule has 1 aliphatic heterocycles. The van der Waals surface area contributed by atoms with Crippen LogP contribution in [0.5, 0.6) is 11.5 Å². The first-order chi connectivity index (χ1) is 16.7. The second-order valence-electron chi connectivity index (χ2n) is 7.63. The molecular weight excluding hydrogens is 485 g/mol. The number of alkyl halides is 3. The van der Waals surface area contributed by atoms with E-state index >= 15 is 0 Å². The first-order valence-electron chi connectivity index (χ1n) is 10.8. The summed E-state index contributed by atoms with van der Waals surface area (Å²) in [5.41, 5.74) is 1.63. The molecule has 0 spiro atoms. The lowest BCUT2D eigenvalue weighted by atomic mass is 10.1. The molecule has 1 fully saturated rings. The molecule has 0 radical (unpaired) electrons. The molecule has 186 valence electrons. The second-order valence-corrected chi connectivity index (χ2v) is 9.57. The largest absolute Gasteiger partial charge is 0.573 e. The smallest absolute Gasteiger partial charge is 0.494 e. The number of ether oxygens (including phenoxy) is 2. The standard InChI is InChI=1S/C23H23F3N4O4S/c1-2-33-18-5-3-17(4-6-18)21-15-22(28-16-27-21)29-11-13-30(14-12-29)35(31,32)20-9-7-19(8-10-20)34-23(24,25)26/h3-10,15-16H,2,11-14H2,1H3. The molecule has 12 heteroatoms. The number of aromatic nitrogens is 2. The number of hydrogen-bond donors (Lipinski definition) is 0. The van der Waals surface area contributed by atoms with E-state index < -0.39 is 22.1 Å². The van der Waals surface area contributed by atoms with E-state index in [-0.39, 0.29) is 18.0 Å². The van der Waals surface area contributed by atoms with Crippen LogP contribution >= 0.6 is 0 Å². The monoisotopic (exact) mass is 508 g/mol. The van der Waals surface area contributed by atoms with Crippen molar-refractivity contribution in [2.24, 2.45) is 0 Å². The molecule has 0 bridgehead atoms. The predicted octanol–water partition coefficient (Wildman–Crippen LogP) is 3.95. The van der Waals surface area contributed by atoms with Gasteiger partial charge in [-0.2, -0.15) is 4.31 Å². The van der Waals surface area contributed by atoms with E-state index in [1.807, 2.05) is 42.2 Å². The molecule has 1 aliphatic rings. The molecule has 0 aliphatic carbocycles. The lowest BCUT2D eigenvalue weighted by molar-refractivity contribution is -0.274. The molecule has 1 saturated heterocycles. The van der Waals surface area contributed by atoms with Gasteiger partial charge >= 0.3 is 6.36 Å². The number of rotatable bonds is 7. The number of anilines is 1. The summed E-state index contributed by atoms with van der Waals surface area (Å²) in [5.74, 6) is 0.966. The van der Waals surface area contributed by atoms with Crippen molar-refractivity contribution in [2.75, 3.05) is 37.7 Å². The fourth-order valence-corrected chi connectivity index (χ4v) is 5.11. The molecule has 2 aromatic carbocycles. The van der Waals surface area contributed by atoms with Crippen molar-refractivity contribution in [1.29, 1.82) is 0 Å². The van der Waals surface area contributed by atoms with Crippen molar-refractivity contribution >= 4 is 15.8 Å². The summed E-state index contributed by atoms with van der Waals surface area (Å²) >= 11 is 0. The van der Waals surface area contributed by atoms with Crippen LogP contribution < -0.4 is 14.4 Å². The lowest BCUT2D eigenvalue weighted by Gasteiger charge is -2.34. The van der Waals surface area contributed by atoms with Crippen LogP contribution in [0, 0.1) is 0 Å². The van der Waals surface area contributed by atoms with Gasteiger partial charge in [0.25, 0.3) is 0 Å². The van der Waals surface area contributed by atoms with Crippen molar-refractivity contribution in [3.63, 3.8) is 0 Å².